The van der Waals surface area contributed by atoms with Crippen LogP contribution < -0.4 is 20.1 Å². The van der Waals surface area contributed by atoms with Gasteiger partial charge >= 0.3 is 0 Å². The van der Waals surface area contributed by atoms with Gasteiger partial charge in [0.05, 0.1) is 37.5 Å². The molecule has 0 saturated carbocycles. The fourth-order valence-corrected chi connectivity index (χ4v) is 2.60. The molecule has 1 heterocycles. The van der Waals surface area contributed by atoms with Crippen molar-refractivity contribution in [2.75, 3.05) is 24.4 Å². The summed E-state index contributed by atoms with van der Waals surface area (Å²) in [5, 5.41) is 5.96. The normalized spacial score (nSPS) is 10.2. The molecule has 0 atom stereocenters. The first-order chi connectivity index (χ1) is 13.6. The molecule has 0 aliphatic carbocycles. The number of methoxy groups -OCH3 is 1. The molecule has 7 nitrogen and oxygen atoms in total. The average molecular weight is 378 g/mol. The lowest BCUT2D eigenvalue weighted by Crippen LogP contribution is -2.15. The average Bonchev–Trinajstić information content (AvgIpc) is 2.70. The lowest BCUT2D eigenvalue weighted by Gasteiger charge is -2.12. The van der Waals surface area contributed by atoms with Gasteiger partial charge < -0.3 is 20.1 Å². The van der Waals surface area contributed by atoms with E-state index in [4.69, 9.17) is 9.47 Å². The Bertz CT molecular complexity index is 958. The highest BCUT2D eigenvalue weighted by atomic mass is 16.5. The summed E-state index contributed by atoms with van der Waals surface area (Å²) < 4.78 is 10.9. The Balaban J connectivity index is 1.72. The van der Waals surface area contributed by atoms with Crippen LogP contribution in [-0.4, -0.2) is 29.6 Å². The quantitative estimate of drug-likeness (QED) is 0.641. The first-order valence-corrected chi connectivity index (χ1v) is 8.87. The van der Waals surface area contributed by atoms with E-state index >= 15 is 0 Å². The van der Waals surface area contributed by atoms with Gasteiger partial charge in [0.25, 0.3) is 5.91 Å². The van der Waals surface area contributed by atoms with Gasteiger partial charge in [-0.2, -0.15) is 0 Å². The predicted molar refractivity (Wildman–Crippen MR) is 109 cm³/mol. The van der Waals surface area contributed by atoms with Crippen molar-refractivity contribution in [3.63, 3.8) is 0 Å². The molecule has 3 rings (SSSR count). The van der Waals surface area contributed by atoms with Crippen LogP contribution in [0, 0.1) is 6.92 Å². The highest BCUT2D eigenvalue weighted by Crippen LogP contribution is 2.28. The van der Waals surface area contributed by atoms with E-state index in [9.17, 15) is 4.79 Å². The summed E-state index contributed by atoms with van der Waals surface area (Å²) in [4.78, 5) is 21.0. The van der Waals surface area contributed by atoms with E-state index in [2.05, 4.69) is 20.6 Å². The number of hydrogen-bond donors (Lipinski definition) is 2. The van der Waals surface area contributed by atoms with Crippen LogP contribution in [0.1, 0.15) is 23.0 Å². The number of ether oxygens (including phenoxy) is 2. The van der Waals surface area contributed by atoms with Crippen molar-refractivity contribution in [2.45, 2.75) is 13.8 Å². The third-order valence-electron chi connectivity index (χ3n) is 3.94. The van der Waals surface area contributed by atoms with Crippen LogP contribution in [0.3, 0.4) is 0 Å². The molecule has 1 amide bonds. The fraction of sp³-hybridized carbons (Fsp3) is 0.190. The number of para-hydroxylation sites is 2. The largest absolute Gasteiger partial charge is 0.495 e. The number of hydrogen-bond acceptors (Lipinski definition) is 6. The molecule has 0 aliphatic rings. The van der Waals surface area contributed by atoms with E-state index in [0.717, 1.165) is 11.3 Å². The van der Waals surface area contributed by atoms with Crippen molar-refractivity contribution in [3.8, 4) is 11.5 Å². The Morgan fingerprint density at radius 1 is 1.04 bits per heavy atom. The Hall–Kier alpha value is -3.61. The van der Waals surface area contributed by atoms with Gasteiger partial charge in [-0.05, 0) is 43.7 Å². The number of aromatic nitrogens is 2. The summed E-state index contributed by atoms with van der Waals surface area (Å²) in [5.41, 5.74) is 2.65. The SMILES string of the molecule is CCOc1ccccc1NC(=O)c1cnc(Nc2cc(C)ccc2OC)cn1. The van der Waals surface area contributed by atoms with Crippen molar-refractivity contribution < 1.29 is 14.3 Å². The maximum Gasteiger partial charge on any atom is 0.275 e. The Labute approximate surface area is 163 Å². The first-order valence-electron chi connectivity index (χ1n) is 8.87. The molecular formula is C21H22N4O3. The van der Waals surface area contributed by atoms with Crippen molar-refractivity contribution in [1.82, 2.24) is 9.97 Å². The van der Waals surface area contributed by atoms with Crippen molar-refractivity contribution in [3.05, 3.63) is 66.1 Å². The molecule has 2 aromatic carbocycles. The minimum absolute atomic E-state index is 0.202. The zero-order valence-electron chi connectivity index (χ0n) is 16.0. The Morgan fingerprint density at radius 3 is 2.57 bits per heavy atom. The van der Waals surface area contributed by atoms with Gasteiger partial charge in [0.2, 0.25) is 0 Å². The molecule has 0 aliphatic heterocycles. The smallest absolute Gasteiger partial charge is 0.275 e. The summed E-state index contributed by atoms with van der Waals surface area (Å²) in [6.07, 6.45) is 2.92. The molecule has 0 unspecified atom stereocenters. The molecule has 0 fully saturated rings. The number of carbonyl (C=O) groups is 1. The van der Waals surface area contributed by atoms with E-state index in [0.29, 0.717) is 29.6 Å². The zero-order valence-corrected chi connectivity index (χ0v) is 16.0. The monoisotopic (exact) mass is 378 g/mol. The Morgan fingerprint density at radius 2 is 1.86 bits per heavy atom. The van der Waals surface area contributed by atoms with Crippen LogP contribution >= 0.6 is 0 Å². The van der Waals surface area contributed by atoms with Crippen LogP contribution in [0.4, 0.5) is 17.2 Å². The lowest BCUT2D eigenvalue weighted by molar-refractivity contribution is 0.102. The minimum Gasteiger partial charge on any atom is -0.495 e. The van der Waals surface area contributed by atoms with Crippen LogP contribution in [0.5, 0.6) is 11.5 Å². The van der Waals surface area contributed by atoms with Gasteiger partial charge in [-0.15, -0.1) is 0 Å². The van der Waals surface area contributed by atoms with E-state index in [-0.39, 0.29) is 11.6 Å². The molecule has 0 saturated heterocycles. The maximum atomic E-state index is 12.5. The summed E-state index contributed by atoms with van der Waals surface area (Å²) in [6.45, 7) is 4.39. The molecular weight excluding hydrogens is 356 g/mol. The second-order valence-electron chi connectivity index (χ2n) is 6.00. The molecule has 0 spiro atoms. The molecule has 2 N–H and O–H groups in total. The Kier molecular flexibility index (Phi) is 6.06. The van der Waals surface area contributed by atoms with E-state index in [1.807, 2.05) is 44.2 Å². The third-order valence-corrected chi connectivity index (χ3v) is 3.94. The second kappa shape index (κ2) is 8.85. The summed E-state index contributed by atoms with van der Waals surface area (Å²) in [6, 6.07) is 13.0. The summed E-state index contributed by atoms with van der Waals surface area (Å²) in [7, 11) is 1.61. The van der Waals surface area contributed by atoms with E-state index < -0.39 is 0 Å². The van der Waals surface area contributed by atoms with E-state index in [1.165, 1.54) is 12.4 Å². The summed E-state index contributed by atoms with van der Waals surface area (Å²) >= 11 is 0. The van der Waals surface area contributed by atoms with Crippen LogP contribution in [0.25, 0.3) is 0 Å². The van der Waals surface area contributed by atoms with Crippen molar-refractivity contribution in [1.29, 1.82) is 0 Å². The van der Waals surface area contributed by atoms with Crippen LogP contribution in [0.15, 0.2) is 54.9 Å². The maximum absolute atomic E-state index is 12.5. The van der Waals surface area contributed by atoms with Crippen LogP contribution in [0.2, 0.25) is 0 Å². The van der Waals surface area contributed by atoms with Gasteiger partial charge in [-0.25, -0.2) is 9.97 Å². The zero-order chi connectivity index (χ0) is 19.9. The van der Waals surface area contributed by atoms with Gasteiger partial charge in [-0.1, -0.05) is 18.2 Å². The number of anilines is 3. The lowest BCUT2D eigenvalue weighted by atomic mass is 10.2. The minimum atomic E-state index is -0.362. The standard InChI is InChI=1S/C21H22N4O3/c1-4-28-19-8-6-5-7-15(19)25-21(26)17-12-23-20(13-22-17)24-16-11-14(2)9-10-18(16)27-3/h5-13H,4H2,1-3H3,(H,23,24)(H,25,26). The number of carbonyl (C=O) groups excluding carboxylic acids is 1. The van der Waals surface area contributed by atoms with Crippen molar-refractivity contribution >= 4 is 23.1 Å². The van der Waals surface area contributed by atoms with E-state index in [1.54, 1.807) is 19.2 Å². The van der Waals surface area contributed by atoms with Crippen molar-refractivity contribution in [2.24, 2.45) is 0 Å². The molecule has 0 radical (unpaired) electrons. The predicted octanol–water partition coefficient (Wildman–Crippen LogP) is 4.19. The molecule has 1 aromatic heterocycles. The van der Waals surface area contributed by atoms with Gasteiger partial charge in [0, 0.05) is 0 Å². The number of aryl methyl sites for hydroxylation is 1. The second-order valence-corrected chi connectivity index (χ2v) is 6.00. The molecule has 28 heavy (non-hydrogen) atoms. The number of nitrogens with zero attached hydrogens (tertiary/aromatic N) is 2. The molecule has 7 heteroatoms. The molecule has 0 bridgehead atoms. The number of rotatable bonds is 7. The molecule has 144 valence electrons. The highest BCUT2D eigenvalue weighted by Gasteiger charge is 2.12. The third kappa shape index (κ3) is 4.56. The summed E-state index contributed by atoms with van der Waals surface area (Å²) in [5.74, 6) is 1.45. The first kappa shape index (κ1) is 19.2. The number of benzene rings is 2. The number of amides is 1. The molecule has 3 aromatic rings. The number of nitrogens with one attached hydrogen (secondary N) is 2. The van der Waals surface area contributed by atoms with Gasteiger partial charge in [0.15, 0.2) is 0 Å². The topological polar surface area (TPSA) is 85.4 Å². The fourth-order valence-electron chi connectivity index (χ4n) is 2.60. The highest BCUT2D eigenvalue weighted by molar-refractivity contribution is 6.03. The van der Waals surface area contributed by atoms with Crippen LogP contribution in [-0.2, 0) is 0 Å². The van der Waals surface area contributed by atoms with Gasteiger partial charge in [-0.3, -0.25) is 4.79 Å². The van der Waals surface area contributed by atoms with Gasteiger partial charge in [0.1, 0.15) is 23.0 Å².